The Bertz CT molecular complexity index is 1320. The summed E-state index contributed by atoms with van der Waals surface area (Å²) in [5.41, 5.74) is 1.65. The largest absolute Gasteiger partial charge is 0.324 e. The Balaban J connectivity index is 1.63. The number of imide groups is 1. The molecule has 0 aromatic heterocycles. The van der Waals surface area contributed by atoms with Gasteiger partial charge in [-0.25, -0.2) is 12.7 Å². The van der Waals surface area contributed by atoms with Gasteiger partial charge in [-0.2, -0.15) is 0 Å². The van der Waals surface area contributed by atoms with Crippen LogP contribution in [0.15, 0.2) is 83.8 Å². The molecule has 3 aromatic rings. The van der Waals surface area contributed by atoms with E-state index in [0.29, 0.717) is 5.69 Å². The SMILES string of the molecule is CN(C)S(=O)(=O)c1ccc(NC(=O)[C@@H](Cc2ccccc2)N2C(=O)c3ccccc3C2=O)cc1. The van der Waals surface area contributed by atoms with Crippen molar-refractivity contribution in [3.63, 3.8) is 0 Å². The van der Waals surface area contributed by atoms with Crippen molar-refractivity contribution >= 4 is 33.4 Å². The molecule has 174 valence electrons. The van der Waals surface area contributed by atoms with Crippen LogP contribution in [0.25, 0.3) is 0 Å². The molecule has 0 fully saturated rings. The van der Waals surface area contributed by atoms with Crippen LogP contribution in [0.4, 0.5) is 5.69 Å². The summed E-state index contributed by atoms with van der Waals surface area (Å²) in [6.45, 7) is 0. The number of anilines is 1. The second-order valence-electron chi connectivity index (χ2n) is 8.03. The fourth-order valence-corrected chi connectivity index (χ4v) is 4.68. The molecule has 1 atom stereocenters. The third kappa shape index (κ3) is 4.35. The summed E-state index contributed by atoms with van der Waals surface area (Å²) in [6, 6.07) is 20.2. The summed E-state index contributed by atoms with van der Waals surface area (Å²) in [4.78, 5) is 40.6. The lowest BCUT2D eigenvalue weighted by molar-refractivity contribution is -0.119. The predicted molar refractivity (Wildman–Crippen MR) is 127 cm³/mol. The molecule has 1 aliphatic heterocycles. The number of nitrogens with zero attached hydrogens (tertiary/aromatic N) is 2. The molecular weight excluding hydrogens is 454 g/mol. The van der Waals surface area contributed by atoms with Gasteiger partial charge in [-0.15, -0.1) is 0 Å². The van der Waals surface area contributed by atoms with Crippen molar-refractivity contribution < 1.29 is 22.8 Å². The van der Waals surface area contributed by atoms with Crippen LogP contribution in [0, 0.1) is 0 Å². The molecule has 1 heterocycles. The number of hydrogen-bond donors (Lipinski definition) is 1. The van der Waals surface area contributed by atoms with Crippen LogP contribution in [0.2, 0.25) is 0 Å². The van der Waals surface area contributed by atoms with Gasteiger partial charge in [0, 0.05) is 26.2 Å². The Kier molecular flexibility index (Phi) is 6.32. The van der Waals surface area contributed by atoms with Crippen molar-refractivity contribution in [3.05, 3.63) is 95.6 Å². The number of carbonyl (C=O) groups excluding carboxylic acids is 3. The van der Waals surface area contributed by atoms with Crippen molar-refractivity contribution in [1.29, 1.82) is 0 Å². The highest BCUT2D eigenvalue weighted by atomic mass is 32.2. The summed E-state index contributed by atoms with van der Waals surface area (Å²) in [5, 5.41) is 2.72. The maximum Gasteiger partial charge on any atom is 0.262 e. The zero-order valence-electron chi connectivity index (χ0n) is 18.6. The normalized spacial score (nSPS) is 14.3. The monoisotopic (exact) mass is 477 g/mol. The van der Waals surface area contributed by atoms with E-state index < -0.39 is 33.8 Å². The predicted octanol–water partition coefficient (Wildman–Crippen LogP) is 2.78. The van der Waals surface area contributed by atoms with E-state index in [4.69, 9.17) is 0 Å². The van der Waals surface area contributed by atoms with Gasteiger partial charge in [-0.1, -0.05) is 42.5 Å². The summed E-state index contributed by atoms with van der Waals surface area (Å²) in [7, 11) is -0.751. The Labute approximate surface area is 197 Å². The van der Waals surface area contributed by atoms with E-state index in [1.54, 1.807) is 24.3 Å². The second-order valence-corrected chi connectivity index (χ2v) is 10.2. The van der Waals surface area contributed by atoms with Crippen LogP contribution in [0.3, 0.4) is 0 Å². The van der Waals surface area contributed by atoms with Gasteiger partial charge in [0.15, 0.2) is 0 Å². The fraction of sp³-hybridized carbons (Fsp3) is 0.160. The molecule has 0 bridgehead atoms. The molecule has 0 saturated heterocycles. The van der Waals surface area contributed by atoms with Gasteiger partial charge >= 0.3 is 0 Å². The van der Waals surface area contributed by atoms with Crippen LogP contribution in [-0.4, -0.2) is 55.5 Å². The first kappa shape index (κ1) is 23.3. The van der Waals surface area contributed by atoms with Gasteiger partial charge in [-0.3, -0.25) is 19.3 Å². The molecule has 0 radical (unpaired) electrons. The first-order valence-corrected chi connectivity index (χ1v) is 12.0. The third-order valence-electron chi connectivity index (χ3n) is 5.61. The van der Waals surface area contributed by atoms with E-state index in [9.17, 15) is 22.8 Å². The molecule has 1 aliphatic rings. The number of benzene rings is 3. The molecule has 0 spiro atoms. The van der Waals surface area contributed by atoms with Gasteiger partial charge in [0.1, 0.15) is 6.04 Å². The van der Waals surface area contributed by atoms with Crippen LogP contribution < -0.4 is 5.32 Å². The minimum Gasteiger partial charge on any atom is -0.324 e. The highest BCUT2D eigenvalue weighted by Gasteiger charge is 2.42. The smallest absolute Gasteiger partial charge is 0.262 e. The fourth-order valence-electron chi connectivity index (χ4n) is 3.78. The van der Waals surface area contributed by atoms with E-state index >= 15 is 0 Å². The van der Waals surface area contributed by atoms with Crippen molar-refractivity contribution in [2.75, 3.05) is 19.4 Å². The molecule has 4 rings (SSSR count). The minimum absolute atomic E-state index is 0.0803. The number of hydrogen-bond acceptors (Lipinski definition) is 5. The van der Waals surface area contributed by atoms with Crippen LogP contribution in [0.5, 0.6) is 0 Å². The number of fused-ring (bicyclic) bond motifs is 1. The lowest BCUT2D eigenvalue weighted by atomic mass is 10.0. The summed E-state index contributed by atoms with van der Waals surface area (Å²) in [6.07, 6.45) is 0.130. The number of sulfonamides is 1. The van der Waals surface area contributed by atoms with Crippen molar-refractivity contribution in [1.82, 2.24) is 9.21 Å². The lowest BCUT2D eigenvalue weighted by Gasteiger charge is -2.25. The Hall–Kier alpha value is -3.82. The average molecular weight is 478 g/mol. The van der Waals surface area contributed by atoms with Gasteiger partial charge in [0.05, 0.1) is 16.0 Å². The van der Waals surface area contributed by atoms with Gasteiger partial charge in [-0.05, 0) is 42.0 Å². The Morgan fingerprint density at radius 1 is 0.853 bits per heavy atom. The highest BCUT2D eigenvalue weighted by Crippen LogP contribution is 2.27. The standard InChI is InChI=1S/C25H23N3O5S/c1-27(2)34(32,33)19-14-12-18(13-15-19)26-23(29)22(16-17-8-4-3-5-9-17)28-24(30)20-10-6-7-11-21(20)25(28)31/h3-15,22H,16H2,1-2H3,(H,26,29)/t22-/m1/s1. The molecule has 8 nitrogen and oxygen atoms in total. The molecule has 0 unspecified atom stereocenters. The van der Waals surface area contributed by atoms with E-state index in [1.807, 2.05) is 30.3 Å². The first-order chi connectivity index (χ1) is 16.2. The van der Waals surface area contributed by atoms with Crippen LogP contribution in [0.1, 0.15) is 26.3 Å². The van der Waals surface area contributed by atoms with Gasteiger partial charge in [0.25, 0.3) is 11.8 Å². The van der Waals surface area contributed by atoms with E-state index in [0.717, 1.165) is 14.8 Å². The van der Waals surface area contributed by atoms with E-state index in [2.05, 4.69) is 5.32 Å². The maximum atomic E-state index is 13.4. The number of amides is 3. The van der Waals surface area contributed by atoms with E-state index in [1.165, 1.54) is 38.4 Å². The summed E-state index contributed by atoms with van der Waals surface area (Å²) < 4.78 is 25.7. The highest BCUT2D eigenvalue weighted by molar-refractivity contribution is 7.89. The van der Waals surface area contributed by atoms with Crippen molar-refractivity contribution in [2.24, 2.45) is 0 Å². The molecular formula is C25H23N3O5S. The Morgan fingerprint density at radius 3 is 1.91 bits per heavy atom. The molecule has 0 aliphatic carbocycles. The minimum atomic E-state index is -3.61. The molecule has 34 heavy (non-hydrogen) atoms. The number of carbonyl (C=O) groups is 3. The maximum absolute atomic E-state index is 13.4. The van der Waals surface area contributed by atoms with Gasteiger partial charge < -0.3 is 5.32 Å². The molecule has 9 heteroatoms. The first-order valence-electron chi connectivity index (χ1n) is 10.5. The molecule has 3 amide bonds. The van der Waals surface area contributed by atoms with Crippen LogP contribution >= 0.6 is 0 Å². The zero-order valence-corrected chi connectivity index (χ0v) is 19.5. The van der Waals surface area contributed by atoms with Gasteiger partial charge in [0.2, 0.25) is 15.9 Å². The number of nitrogens with one attached hydrogen (secondary N) is 1. The average Bonchev–Trinajstić information content (AvgIpc) is 3.08. The van der Waals surface area contributed by atoms with Crippen molar-refractivity contribution in [3.8, 4) is 0 Å². The second kappa shape index (κ2) is 9.20. The molecule has 1 N–H and O–H groups in total. The van der Waals surface area contributed by atoms with Crippen molar-refractivity contribution in [2.45, 2.75) is 17.4 Å². The zero-order chi connectivity index (χ0) is 24.5. The third-order valence-corrected chi connectivity index (χ3v) is 7.44. The van der Waals surface area contributed by atoms with E-state index in [-0.39, 0.29) is 22.4 Å². The number of rotatable bonds is 7. The molecule has 3 aromatic carbocycles. The van der Waals surface area contributed by atoms with Crippen LogP contribution in [-0.2, 0) is 21.2 Å². The topological polar surface area (TPSA) is 104 Å². The Morgan fingerprint density at radius 2 is 1.38 bits per heavy atom. The summed E-state index contributed by atoms with van der Waals surface area (Å²) in [5.74, 6) is -1.60. The quantitative estimate of drug-likeness (QED) is 0.527. The molecule has 0 saturated carbocycles. The summed E-state index contributed by atoms with van der Waals surface area (Å²) >= 11 is 0. The lowest BCUT2D eigenvalue weighted by Crippen LogP contribution is -2.48.